The van der Waals surface area contributed by atoms with Crippen molar-refractivity contribution in [3.63, 3.8) is 0 Å². The van der Waals surface area contributed by atoms with Crippen LogP contribution in [0.3, 0.4) is 0 Å². The highest BCUT2D eigenvalue weighted by Crippen LogP contribution is 2.22. The number of amides is 1. The fourth-order valence-corrected chi connectivity index (χ4v) is 3.26. The first-order valence-corrected chi connectivity index (χ1v) is 9.30. The van der Waals surface area contributed by atoms with Crippen molar-refractivity contribution in [1.82, 2.24) is 14.8 Å². The number of rotatable bonds is 7. The second kappa shape index (κ2) is 9.37. The molecule has 0 aliphatic carbocycles. The van der Waals surface area contributed by atoms with Crippen LogP contribution >= 0.6 is 0 Å². The van der Waals surface area contributed by atoms with Crippen molar-refractivity contribution in [2.24, 2.45) is 0 Å². The largest absolute Gasteiger partial charge is 0.497 e. The molecule has 1 aromatic carbocycles. The lowest BCUT2D eigenvalue weighted by atomic mass is 10.1. The van der Waals surface area contributed by atoms with Gasteiger partial charge in [0.25, 0.3) is 0 Å². The van der Waals surface area contributed by atoms with Gasteiger partial charge in [0.1, 0.15) is 17.6 Å². The topological polar surface area (TPSA) is 54.9 Å². The van der Waals surface area contributed by atoms with E-state index < -0.39 is 0 Å². The lowest BCUT2D eigenvalue weighted by molar-refractivity contribution is -0.134. The Hall–Kier alpha value is -2.60. The van der Waals surface area contributed by atoms with Gasteiger partial charge in [0.15, 0.2) is 0 Å². The Labute approximate surface area is 160 Å². The molecule has 0 bridgehead atoms. The molecule has 0 atom stereocenters. The van der Waals surface area contributed by atoms with Gasteiger partial charge in [-0.15, -0.1) is 0 Å². The molecule has 2 heterocycles. The van der Waals surface area contributed by atoms with Crippen molar-refractivity contribution in [2.45, 2.75) is 25.5 Å². The summed E-state index contributed by atoms with van der Waals surface area (Å²) in [4.78, 5) is 20.6. The molecule has 1 fully saturated rings. The summed E-state index contributed by atoms with van der Waals surface area (Å²) < 4.78 is 11.2. The molecule has 1 saturated heterocycles. The molecule has 0 saturated carbocycles. The van der Waals surface area contributed by atoms with Gasteiger partial charge in [0, 0.05) is 44.9 Å². The van der Waals surface area contributed by atoms with E-state index in [9.17, 15) is 4.79 Å². The number of likely N-dealkylation sites (tertiary alicyclic amines) is 1. The lowest BCUT2D eigenvalue weighted by Crippen LogP contribution is -2.45. The van der Waals surface area contributed by atoms with Crippen LogP contribution in [0.5, 0.6) is 11.5 Å². The molecule has 27 heavy (non-hydrogen) atoms. The maximum Gasteiger partial charge on any atom is 0.236 e. The van der Waals surface area contributed by atoms with Crippen molar-refractivity contribution in [1.29, 1.82) is 0 Å². The van der Waals surface area contributed by atoms with Gasteiger partial charge in [-0.05, 0) is 49.0 Å². The smallest absolute Gasteiger partial charge is 0.236 e. The van der Waals surface area contributed by atoms with Crippen molar-refractivity contribution in [2.75, 3.05) is 33.8 Å². The third-order valence-electron chi connectivity index (χ3n) is 4.76. The number of benzene rings is 1. The van der Waals surface area contributed by atoms with Crippen LogP contribution in [-0.4, -0.2) is 60.6 Å². The predicted molar refractivity (Wildman–Crippen MR) is 104 cm³/mol. The van der Waals surface area contributed by atoms with Gasteiger partial charge in [-0.25, -0.2) is 0 Å². The summed E-state index contributed by atoms with van der Waals surface area (Å²) in [5.74, 6) is 1.84. The maximum atomic E-state index is 12.6. The summed E-state index contributed by atoms with van der Waals surface area (Å²) in [6, 6.07) is 11.6. The number of nitrogens with zero attached hydrogens (tertiary/aromatic N) is 3. The number of methoxy groups -OCH3 is 1. The molecule has 2 aromatic rings. The van der Waals surface area contributed by atoms with Gasteiger partial charge in [-0.3, -0.25) is 14.7 Å². The summed E-state index contributed by atoms with van der Waals surface area (Å²) in [6.07, 6.45) is 5.41. The molecule has 144 valence electrons. The number of carbonyl (C=O) groups excluding carboxylic acids is 1. The fraction of sp³-hybridized carbons (Fsp3) is 0.429. The minimum absolute atomic E-state index is 0.150. The van der Waals surface area contributed by atoms with E-state index in [-0.39, 0.29) is 12.0 Å². The Morgan fingerprint density at radius 1 is 1.11 bits per heavy atom. The van der Waals surface area contributed by atoms with Crippen LogP contribution in [0, 0.1) is 0 Å². The van der Waals surface area contributed by atoms with Crippen molar-refractivity contribution >= 4 is 5.91 Å². The standard InChI is InChI=1S/C21H27N3O3/c1-23(15-17-7-11-22-12-8-17)16-21(25)24-13-9-20(10-14-24)27-19-5-3-18(26-2)4-6-19/h3-8,11-12,20H,9-10,13-16H2,1-2H3. The molecule has 0 radical (unpaired) electrons. The Morgan fingerprint density at radius 3 is 2.37 bits per heavy atom. The van der Waals surface area contributed by atoms with Crippen LogP contribution in [0.15, 0.2) is 48.8 Å². The molecule has 6 nitrogen and oxygen atoms in total. The zero-order valence-electron chi connectivity index (χ0n) is 16.0. The normalized spacial score (nSPS) is 15.0. The first kappa shape index (κ1) is 19.2. The van der Waals surface area contributed by atoms with Crippen LogP contribution in [-0.2, 0) is 11.3 Å². The molecule has 0 N–H and O–H groups in total. The Balaban J connectivity index is 1.42. The van der Waals surface area contributed by atoms with Gasteiger partial charge >= 0.3 is 0 Å². The molecule has 1 aromatic heterocycles. The number of pyridine rings is 1. The lowest BCUT2D eigenvalue weighted by Gasteiger charge is -2.33. The minimum Gasteiger partial charge on any atom is -0.497 e. The van der Waals surface area contributed by atoms with Crippen molar-refractivity contribution in [3.05, 3.63) is 54.4 Å². The van der Waals surface area contributed by atoms with Gasteiger partial charge < -0.3 is 14.4 Å². The van der Waals surface area contributed by atoms with E-state index >= 15 is 0 Å². The fourth-order valence-electron chi connectivity index (χ4n) is 3.26. The van der Waals surface area contributed by atoms with Gasteiger partial charge in [-0.1, -0.05) is 0 Å². The number of likely N-dealkylation sites (N-methyl/N-ethyl adjacent to an activating group) is 1. The Morgan fingerprint density at radius 2 is 1.74 bits per heavy atom. The minimum atomic E-state index is 0.150. The number of hydrogen-bond donors (Lipinski definition) is 0. The average molecular weight is 369 g/mol. The second-order valence-corrected chi connectivity index (χ2v) is 6.90. The number of hydrogen-bond acceptors (Lipinski definition) is 5. The van der Waals surface area contributed by atoms with E-state index in [0.717, 1.165) is 49.5 Å². The zero-order valence-corrected chi connectivity index (χ0v) is 16.0. The summed E-state index contributed by atoms with van der Waals surface area (Å²) in [6.45, 7) is 2.64. The molecular formula is C21H27N3O3. The van der Waals surface area contributed by atoms with E-state index in [4.69, 9.17) is 9.47 Å². The molecular weight excluding hydrogens is 342 g/mol. The van der Waals surface area contributed by atoms with Crippen molar-refractivity contribution in [3.8, 4) is 11.5 Å². The first-order valence-electron chi connectivity index (χ1n) is 9.30. The highest BCUT2D eigenvalue weighted by Gasteiger charge is 2.24. The molecule has 6 heteroatoms. The summed E-state index contributed by atoms with van der Waals surface area (Å²) in [5, 5.41) is 0. The predicted octanol–water partition coefficient (Wildman–Crippen LogP) is 2.59. The van der Waals surface area contributed by atoms with Crippen LogP contribution in [0.1, 0.15) is 18.4 Å². The zero-order chi connectivity index (χ0) is 19.1. The highest BCUT2D eigenvalue weighted by atomic mass is 16.5. The molecule has 1 aliphatic rings. The van der Waals surface area contributed by atoms with E-state index in [2.05, 4.69) is 4.98 Å². The maximum absolute atomic E-state index is 12.6. The summed E-state index contributed by atoms with van der Waals surface area (Å²) in [7, 11) is 3.62. The Bertz CT molecular complexity index is 713. The molecule has 3 rings (SSSR count). The van der Waals surface area contributed by atoms with Gasteiger partial charge in [0.05, 0.1) is 13.7 Å². The third kappa shape index (κ3) is 5.69. The summed E-state index contributed by atoms with van der Waals surface area (Å²) >= 11 is 0. The quantitative estimate of drug-likeness (QED) is 0.751. The first-order chi connectivity index (χ1) is 13.1. The number of aromatic nitrogens is 1. The number of ether oxygens (including phenoxy) is 2. The van der Waals surface area contributed by atoms with Crippen LogP contribution in [0.4, 0.5) is 0 Å². The third-order valence-corrected chi connectivity index (χ3v) is 4.76. The van der Waals surface area contributed by atoms with Crippen LogP contribution in [0.2, 0.25) is 0 Å². The van der Waals surface area contributed by atoms with E-state index in [1.165, 1.54) is 0 Å². The van der Waals surface area contributed by atoms with Crippen molar-refractivity contribution < 1.29 is 14.3 Å². The van der Waals surface area contributed by atoms with E-state index in [1.807, 2.05) is 53.2 Å². The SMILES string of the molecule is COc1ccc(OC2CCN(C(=O)CN(C)Cc3ccncc3)CC2)cc1. The monoisotopic (exact) mass is 369 g/mol. The van der Waals surface area contributed by atoms with Crippen LogP contribution in [0.25, 0.3) is 0 Å². The molecule has 0 spiro atoms. The van der Waals surface area contributed by atoms with E-state index in [0.29, 0.717) is 6.54 Å². The number of piperidine rings is 1. The second-order valence-electron chi connectivity index (χ2n) is 6.90. The molecule has 0 unspecified atom stereocenters. The number of carbonyl (C=O) groups is 1. The summed E-state index contributed by atoms with van der Waals surface area (Å²) in [5.41, 5.74) is 1.16. The Kier molecular flexibility index (Phi) is 6.65. The van der Waals surface area contributed by atoms with E-state index in [1.54, 1.807) is 19.5 Å². The average Bonchev–Trinajstić information content (AvgIpc) is 2.70. The molecule has 1 amide bonds. The molecule has 1 aliphatic heterocycles. The van der Waals surface area contributed by atoms with Gasteiger partial charge in [0.2, 0.25) is 5.91 Å². The van der Waals surface area contributed by atoms with Crippen LogP contribution < -0.4 is 9.47 Å². The highest BCUT2D eigenvalue weighted by molar-refractivity contribution is 5.78. The van der Waals surface area contributed by atoms with Gasteiger partial charge in [-0.2, -0.15) is 0 Å².